The summed E-state index contributed by atoms with van der Waals surface area (Å²) in [5.41, 5.74) is 1.61. The van der Waals surface area contributed by atoms with E-state index in [4.69, 9.17) is 0 Å². The Morgan fingerprint density at radius 2 is 1.50 bits per heavy atom. The van der Waals surface area contributed by atoms with E-state index < -0.39 is 0 Å². The number of fused-ring (bicyclic) bond motifs is 2. The third-order valence-electron chi connectivity index (χ3n) is 4.27. The molecule has 0 nitrogen and oxygen atoms in total. The van der Waals surface area contributed by atoms with Gasteiger partial charge in [-0.2, -0.15) is 0 Å². The van der Waals surface area contributed by atoms with Crippen LogP contribution in [0.4, 0.5) is 0 Å². The first-order valence-electron chi connectivity index (χ1n) is 5.48. The minimum absolute atomic E-state index is 0.907. The molecule has 0 aromatic rings. The smallest absolute Gasteiger partial charge is 0.0172 e. The van der Waals surface area contributed by atoms with Gasteiger partial charge in [0.05, 0.1) is 0 Å². The average Bonchev–Trinajstić information content (AvgIpc) is 2.58. The monoisotopic (exact) mass is 164 g/mol. The van der Waals surface area contributed by atoms with Crippen LogP contribution < -0.4 is 0 Å². The van der Waals surface area contributed by atoms with E-state index in [0.29, 0.717) is 0 Å². The van der Waals surface area contributed by atoms with Gasteiger partial charge in [-0.05, 0) is 36.5 Å². The Morgan fingerprint density at radius 3 is 1.83 bits per heavy atom. The van der Waals surface area contributed by atoms with Crippen molar-refractivity contribution < 1.29 is 0 Å². The van der Waals surface area contributed by atoms with Crippen molar-refractivity contribution in [3.05, 3.63) is 12.2 Å². The molecule has 4 atom stereocenters. The Hall–Kier alpha value is -0.260. The van der Waals surface area contributed by atoms with Gasteiger partial charge >= 0.3 is 0 Å². The highest BCUT2D eigenvalue weighted by Crippen LogP contribution is 2.57. The maximum absolute atomic E-state index is 4.28. The normalized spacial score (nSPS) is 45.7. The molecule has 0 heterocycles. The molecule has 0 aliphatic heterocycles. The SMILES string of the molecule is C=C1[C@H]2CC[C@@H]1[C@H](CC)[C@@H]2CC. The van der Waals surface area contributed by atoms with Crippen molar-refractivity contribution in [3.8, 4) is 0 Å². The van der Waals surface area contributed by atoms with Gasteiger partial charge in [-0.1, -0.05) is 38.8 Å². The Balaban J connectivity index is 2.21. The molecule has 0 aromatic heterocycles. The third kappa shape index (κ3) is 0.901. The topological polar surface area (TPSA) is 0 Å². The van der Waals surface area contributed by atoms with Gasteiger partial charge in [0.25, 0.3) is 0 Å². The Bertz CT molecular complexity index is 172. The highest BCUT2D eigenvalue weighted by molar-refractivity contribution is 5.21. The van der Waals surface area contributed by atoms with E-state index in [1.807, 2.05) is 0 Å². The van der Waals surface area contributed by atoms with Crippen molar-refractivity contribution in [2.24, 2.45) is 23.7 Å². The van der Waals surface area contributed by atoms with Crippen molar-refractivity contribution in [2.75, 3.05) is 0 Å². The Morgan fingerprint density at radius 1 is 1.08 bits per heavy atom. The molecule has 0 radical (unpaired) electrons. The zero-order valence-electron chi connectivity index (χ0n) is 8.34. The number of rotatable bonds is 2. The van der Waals surface area contributed by atoms with E-state index in [-0.39, 0.29) is 0 Å². The second-order valence-corrected chi connectivity index (χ2v) is 4.51. The van der Waals surface area contributed by atoms with Crippen LogP contribution in [0.2, 0.25) is 0 Å². The molecule has 0 spiro atoms. The summed E-state index contributed by atoms with van der Waals surface area (Å²) in [6.07, 6.45) is 5.63. The molecule has 2 saturated carbocycles. The van der Waals surface area contributed by atoms with E-state index in [1.165, 1.54) is 25.7 Å². The summed E-state index contributed by atoms with van der Waals surface area (Å²) in [6.45, 7) is 8.97. The number of hydrogen-bond donors (Lipinski definition) is 0. The summed E-state index contributed by atoms with van der Waals surface area (Å²) in [7, 11) is 0. The van der Waals surface area contributed by atoms with Crippen molar-refractivity contribution in [3.63, 3.8) is 0 Å². The fourth-order valence-corrected chi connectivity index (χ4v) is 3.75. The van der Waals surface area contributed by atoms with E-state index >= 15 is 0 Å². The van der Waals surface area contributed by atoms with Gasteiger partial charge in [-0.25, -0.2) is 0 Å². The summed E-state index contributed by atoms with van der Waals surface area (Å²) < 4.78 is 0. The van der Waals surface area contributed by atoms with Crippen LogP contribution in [0.1, 0.15) is 39.5 Å². The number of allylic oxidation sites excluding steroid dienone is 1. The van der Waals surface area contributed by atoms with Crippen LogP contribution in [0, 0.1) is 23.7 Å². The molecule has 0 aromatic carbocycles. The lowest BCUT2D eigenvalue weighted by atomic mass is 9.77. The molecule has 2 aliphatic carbocycles. The fourth-order valence-electron chi connectivity index (χ4n) is 3.75. The van der Waals surface area contributed by atoms with Crippen LogP contribution in [0.5, 0.6) is 0 Å². The van der Waals surface area contributed by atoms with E-state index in [0.717, 1.165) is 23.7 Å². The molecule has 0 unspecified atom stereocenters. The Labute approximate surface area is 76.1 Å². The lowest BCUT2D eigenvalue weighted by Crippen LogP contribution is -2.20. The van der Waals surface area contributed by atoms with Crippen molar-refractivity contribution in [2.45, 2.75) is 39.5 Å². The quantitative estimate of drug-likeness (QED) is 0.547. The van der Waals surface area contributed by atoms with Crippen LogP contribution in [0.15, 0.2) is 12.2 Å². The zero-order valence-corrected chi connectivity index (χ0v) is 8.34. The first-order valence-corrected chi connectivity index (χ1v) is 5.48. The number of hydrogen-bond acceptors (Lipinski definition) is 0. The van der Waals surface area contributed by atoms with E-state index in [9.17, 15) is 0 Å². The molecule has 68 valence electrons. The van der Waals surface area contributed by atoms with Crippen LogP contribution in [0.3, 0.4) is 0 Å². The van der Waals surface area contributed by atoms with Crippen LogP contribution in [-0.2, 0) is 0 Å². The van der Waals surface area contributed by atoms with Gasteiger partial charge in [0.15, 0.2) is 0 Å². The van der Waals surface area contributed by atoms with Gasteiger partial charge < -0.3 is 0 Å². The van der Waals surface area contributed by atoms with Crippen molar-refractivity contribution in [1.29, 1.82) is 0 Å². The third-order valence-corrected chi connectivity index (χ3v) is 4.27. The fraction of sp³-hybridized carbons (Fsp3) is 0.833. The maximum Gasteiger partial charge on any atom is -0.0172 e. The summed E-state index contributed by atoms with van der Waals surface area (Å²) in [5.74, 6) is 3.79. The lowest BCUT2D eigenvalue weighted by Gasteiger charge is -2.28. The molecule has 12 heavy (non-hydrogen) atoms. The highest BCUT2D eigenvalue weighted by Gasteiger charge is 2.47. The molecule has 2 bridgehead atoms. The van der Waals surface area contributed by atoms with Crippen LogP contribution in [-0.4, -0.2) is 0 Å². The van der Waals surface area contributed by atoms with Gasteiger partial charge in [0, 0.05) is 0 Å². The first kappa shape index (κ1) is 8.34. The minimum Gasteiger partial charge on any atom is -0.0993 e. The van der Waals surface area contributed by atoms with E-state index in [2.05, 4.69) is 20.4 Å². The van der Waals surface area contributed by atoms with E-state index in [1.54, 1.807) is 5.57 Å². The second kappa shape index (κ2) is 2.90. The van der Waals surface area contributed by atoms with Crippen LogP contribution in [0.25, 0.3) is 0 Å². The zero-order chi connectivity index (χ0) is 8.72. The molecule has 2 aliphatic rings. The summed E-state index contributed by atoms with van der Waals surface area (Å²) in [6, 6.07) is 0. The second-order valence-electron chi connectivity index (χ2n) is 4.51. The highest BCUT2D eigenvalue weighted by atomic mass is 14.5. The Kier molecular flexibility index (Phi) is 2.02. The minimum atomic E-state index is 0.907. The summed E-state index contributed by atoms with van der Waals surface area (Å²) in [5, 5.41) is 0. The average molecular weight is 164 g/mol. The molecule has 0 amide bonds. The van der Waals surface area contributed by atoms with Gasteiger partial charge in [0.1, 0.15) is 0 Å². The largest absolute Gasteiger partial charge is 0.0993 e. The summed E-state index contributed by atoms with van der Waals surface area (Å²) in [4.78, 5) is 0. The molecular weight excluding hydrogens is 144 g/mol. The van der Waals surface area contributed by atoms with Gasteiger partial charge in [-0.15, -0.1) is 0 Å². The van der Waals surface area contributed by atoms with Crippen molar-refractivity contribution in [1.82, 2.24) is 0 Å². The standard InChI is InChI=1S/C12H20/c1-4-9-10(5-2)12-7-6-11(9)8(12)3/h9-12H,3-7H2,1-2H3/t9-,10+,11+,12-. The maximum atomic E-state index is 4.28. The molecule has 2 fully saturated rings. The summed E-state index contributed by atoms with van der Waals surface area (Å²) >= 11 is 0. The predicted octanol–water partition coefficient (Wildman–Crippen LogP) is 3.63. The molecule has 2 rings (SSSR count). The van der Waals surface area contributed by atoms with Gasteiger partial charge in [-0.3, -0.25) is 0 Å². The molecule has 0 saturated heterocycles. The van der Waals surface area contributed by atoms with Crippen molar-refractivity contribution >= 4 is 0 Å². The molecule has 0 heteroatoms. The van der Waals surface area contributed by atoms with Gasteiger partial charge in [0.2, 0.25) is 0 Å². The lowest BCUT2D eigenvalue weighted by molar-refractivity contribution is 0.209. The molecular formula is C12H20. The van der Waals surface area contributed by atoms with Crippen LogP contribution >= 0.6 is 0 Å². The first-order chi connectivity index (χ1) is 5.79. The molecule has 0 N–H and O–H groups in total. The predicted molar refractivity (Wildman–Crippen MR) is 52.9 cm³/mol.